The zero-order chi connectivity index (χ0) is 12.7. The van der Waals surface area contributed by atoms with Crippen LogP contribution in [0.4, 0.5) is 5.82 Å². The van der Waals surface area contributed by atoms with E-state index in [1.807, 2.05) is 0 Å². The number of anilines is 1. The number of hydrogen-bond donors (Lipinski definition) is 1. The molecule has 0 saturated carbocycles. The SMILES string of the molecule is CC1=C(C#N)Cc2c(n(C)c(=O)n(C)c2=O)N1. The molecule has 0 aliphatic carbocycles. The van der Waals surface area contributed by atoms with Crippen LogP contribution in [0, 0.1) is 11.3 Å². The highest BCUT2D eigenvalue weighted by Crippen LogP contribution is 2.22. The molecule has 1 aliphatic heterocycles. The lowest BCUT2D eigenvalue weighted by molar-refractivity contribution is 0.675. The number of allylic oxidation sites excluding steroid dienone is 2. The summed E-state index contributed by atoms with van der Waals surface area (Å²) in [5.74, 6) is 0.481. The van der Waals surface area contributed by atoms with Crippen LogP contribution in [0.15, 0.2) is 20.9 Å². The molecule has 6 heteroatoms. The van der Waals surface area contributed by atoms with Crippen LogP contribution < -0.4 is 16.6 Å². The van der Waals surface area contributed by atoms with Crippen molar-refractivity contribution in [2.45, 2.75) is 13.3 Å². The minimum atomic E-state index is -0.380. The Morgan fingerprint density at radius 1 is 1.29 bits per heavy atom. The molecule has 0 unspecified atom stereocenters. The lowest BCUT2D eigenvalue weighted by Crippen LogP contribution is -2.41. The van der Waals surface area contributed by atoms with Crippen molar-refractivity contribution in [3.8, 4) is 6.07 Å². The number of nitriles is 1. The van der Waals surface area contributed by atoms with E-state index in [1.54, 1.807) is 14.0 Å². The number of nitrogens with zero attached hydrogens (tertiary/aromatic N) is 3. The van der Waals surface area contributed by atoms with Crippen LogP contribution in [0.1, 0.15) is 12.5 Å². The minimum absolute atomic E-state index is 0.269. The molecule has 0 bridgehead atoms. The third-order valence-electron chi connectivity index (χ3n) is 3.00. The molecule has 0 atom stereocenters. The Bertz CT molecular complexity index is 685. The van der Waals surface area contributed by atoms with Gasteiger partial charge in [0.2, 0.25) is 0 Å². The Morgan fingerprint density at radius 2 is 1.94 bits per heavy atom. The molecule has 0 saturated heterocycles. The topological polar surface area (TPSA) is 79.8 Å². The maximum Gasteiger partial charge on any atom is 0.332 e. The number of hydrogen-bond acceptors (Lipinski definition) is 4. The molecule has 2 rings (SSSR count). The summed E-state index contributed by atoms with van der Waals surface area (Å²) in [6, 6.07) is 2.06. The molecule has 0 spiro atoms. The van der Waals surface area contributed by atoms with E-state index in [4.69, 9.17) is 5.26 Å². The van der Waals surface area contributed by atoms with E-state index in [2.05, 4.69) is 11.4 Å². The smallest absolute Gasteiger partial charge is 0.332 e. The lowest BCUT2D eigenvalue weighted by atomic mass is 10.0. The molecule has 0 fully saturated rings. The van der Waals surface area contributed by atoms with Gasteiger partial charge in [0.15, 0.2) is 0 Å². The van der Waals surface area contributed by atoms with Gasteiger partial charge in [-0.1, -0.05) is 0 Å². The second-order valence-corrected chi connectivity index (χ2v) is 4.05. The molecule has 17 heavy (non-hydrogen) atoms. The van der Waals surface area contributed by atoms with E-state index in [1.165, 1.54) is 11.6 Å². The van der Waals surface area contributed by atoms with Gasteiger partial charge in [-0.25, -0.2) is 4.79 Å². The first kappa shape index (κ1) is 11.2. The van der Waals surface area contributed by atoms with Gasteiger partial charge in [-0.05, 0) is 6.92 Å². The lowest BCUT2D eigenvalue weighted by Gasteiger charge is -2.21. The molecule has 1 aromatic rings. The number of rotatable bonds is 0. The minimum Gasteiger partial charge on any atom is -0.344 e. The number of fused-ring (bicyclic) bond motifs is 1. The van der Waals surface area contributed by atoms with Gasteiger partial charge in [0.1, 0.15) is 5.82 Å². The normalized spacial score (nSPS) is 14.0. The monoisotopic (exact) mass is 232 g/mol. The first-order valence-electron chi connectivity index (χ1n) is 5.13. The molecule has 2 heterocycles. The third-order valence-corrected chi connectivity index (χ3v) is 3.00. The molecule has 0 aromatic carbocycles. The summed E-state index contributed by atoms with van der Waals surface area (Å²) in [5, 5.41) is 11.9. The van der Waals surface area contributed by atoms with Crippen molar-refractivity contribution >= 4 is 5.82 Å². The average Bonchev–Trinajstić information content (AvgIpc) is 2.33. The summed E-state index contributed by atoms with van der Waals surface area (Å²) in [6.07, 6.45) is 0.269. The molecule has 1 aromatic heterocycles. The van der Waals surface area contributed by atoms with Crippen LogP contribution in [0.2, 0.25) is 0 Å². The maximum absolute atomic E-state index is 11.9. The maximum atomic E-state index is 11.9. The van der Waals surface area contributed by atoms with Crippen LogP contribution in [-0.4, -0.2) is 9.13 Å². The van der Waals surface area contributed by atoms with Crippen molar-refractivity contribution in [3.63, 3.8) is 0 Å². The van der Waals surface area contributed by atoms with E-state index in [0.29, 0.717) is 22.7 Å². The Morgan fingerprint density at radius 3 is 2.53 bits per heavy atom. The average molecular weight is 232 g/mol. The summed E-state index contributed by atoms with van der Waals surface area (Å²) >= 11 is 0. The van der Waals surface area contributed by atoms with Gasteiger partial charge in [0.25, 0.3) is 5.56 Å². The van der Waals surface area contributed by atoms with Gasteiger partial charge >= 0.3 is 5.69 Å². The molecule has 88 valence electrons. The molecule has 1 aliphatic rings. The van der Waals surface area contributed by atoms with Gasteiger partial charge in [0, 0.05) is 26.2 Å². The molecular formula is C11H12N4O2. The largest absolute Gasteiger partial charge is 0.344 e. The summed E-state index contributed by atoms with van der Waals surface area (Å²) in [4.78, 5) is 23.7. The fraction of sp³-hybridized carbons (Fsp3) is 0.364. The standard InChI is InChI=1S/C11H12N4O2/c1-6-7(5-12)4-8-9(13-6)14(2)11(17)15(3)10(8)16/h13H,4H2,1-3H3. The van der Waals surface area contributed by atoms with Crippen molar-refractivity contribution in [1.29, 1.82) is 5.26 Å². The first-order chi connectivity index (χ1) is 7.97. The van der Waals surface area contributed by atoms with Crippen LogP contribution >= 0.6 is 0 Å². The molecule has 6 nitrogen and oxygen atoms in total. The van der Waals surface area contributed by atoms with Crippen LogP contribution in [0.3, 0.4) is 0 Å². The van der Waals surface area contributed by atoms with E-state index in [9.17, 15) is 9.59 Å². The first-order valence-corrected chi connectivity index (χ1v) is 5.13. The van der Waals surface area contributed by atoms with E-state index in [-0.39, 0.29) is 17.7 Å². The predicted octanol–water partition coefficient (Wildman–Crippen LogP) is -0.150. The Kier molecular flexibility index (Phi) is 2.39. The van der Waals surface area contributed by atoms with Crippen molar-refractivity contribution < 1.29 is 0 Å². The van der Waals surface area contributed by atoms with E-state index in [0.717, 1.165) is 4.57 Å². The fourth-order valence-electron chi connectivity index (χ4n) is 1.92. The van der Waals surface area contributed by atoms with E-state index >= 15 is 0 Å². The zero-order valence-corrected chi connectivity index (χ0v) is 9.87. The quantitative estimate of drug-likeness (QED) is 0.674. The summed E-state index contributed by atoms with van der Waals surface area (Å²) in [5.41, 5.74) is 0.929. The van der Waals surface area contributed by atoms with Crippen molar-refractivity contribution in [2.24, 2.45) is 14.1 Å². The van der Waals surface area contributed by atoms with Crippen LogP contribution in [-0.2, 0) is 20.5 Å². The van der Waals surface area contributed by atoms with Gasteiger partial charge in [-0.15, -0.1) is 0 Å². The highest BCUT2D eigenvalue weighted by atomic mass is 16.2. The second kappa shape index (κ2) is 3.63. The Labute approximate surface area is 97.4 Å². The van der Waals surface area contributed by atoms with Crippen molar-refractivity contribution in [3.05, 3.63) is 37.7 Å². The van der Waals surface area contributed by atoms with Crippen LogP contribution in [0.25, 0.3) is 0 Å². The van der Waals surface area contributed by atoms with Gasteiger partial charge < -0.3 is 5.32 Å². The molecular weight excluding hydrogens is 220 g/mol. The summed E-state index contributed by atoms with van der Waals surface area (Å²) < 4.78 is 2.44. The highest BCUT2D eigenvalue weighted by Gasteiger charge is 2.22. The van der Waals surface area contributed by atoms with Gasteiger partial charge in [-0.3, -0.25) is 13.9 Å². The molecule has 0 amide bonds. The third kappa shape index (κ3) is 1.47. The highest BCUT2D eigenvalue weighted by molar-refractivity contribution is 5.57. The summed E-state index contributed by atoms with van der Waals surface area (Å²) in [6.45, 7) is 1.75. The van der Waals surface area contributed by atoms with Crippen LogP contribution in [0.5, 0.6) is 0 Å². The van der Waals surface area contributed by atoms with Crippen molar-refractivity contribution in [1.82, 2.24) is 9.13 Å². The second-order valence-electron chi connectivity index (χ2n) is 4.05. The zero-order valence-electron chi connectivity index (χ0n) is 9.87. The van der Waals surface area contributed by atoms with Gasteiger partial charge in [0.05, 0.1) is 17.2 Å². The fourth-order valence-corrected chi connectivity index (χ4v) is 1.92. The van der Waals surface area contributed by atoms with E-state index < -0.39 is 0 Å². The molecule has 1 N–H and O–H groups in total. The number of aromatic nitrogens is 2. The van der Waals surface area contributed by atoms with Crippen molar-refractivity contribution in [2.75, 3.05) is 5.32 Å². The Balaban J connectivity index is 2.79. The number of nitrogens with one attached hydrogen (secondary N) is 1. The Hall–Kier alpha value is -2.29. The summed E-state index contributed by atoms with van der Waals surface area (Å²) in [7, 11) is 3.03. The molecule has 0 radical (unpaired) electrons. The predicted molar refractivity (Wildman–Crippen MR) is 62.6 cm³/mol. The van der Waals surface area contributed by atoms with Gasteiger partial charge in [-0.2, -0.15) is 5.26 Å².